The largest absolute Gasteiger partial charge is 0.472 e. The third-order valence-electron chi connectivity index (χ3n) is 8.86. The Morgan fingerprint density at radius 1 is 0.564 bits per heavy atom. The summed E-state index contributed by atoms with van der Waals surface area (Å²) in [6.45, 7) is 4.72. The molecule has 0 aromatic heterocycles. The molecule has 3 N–H and O–H groups in total. The van der Waals surface area contributed by atoms with Crippen molar-refractivity contribution in [2.45, 2.75) is 180 Å². The minimum absolute atomic E-state index is 0.0935. The molecule has 0 saturated carbocycles. The number of phosphoric acid groups is 1. The number of nitrogens with two attached hydrogens (primary N) is 1. The lowest BCUT2D eigenvalue weighted by atomic mass is 10.1. The molecule has 318 valence electrons. The zero-order valence-electron chi connectivity index (χ0n) is 35.1. The van der Waals surface area contributed by atoms with E-state index < -0.39 is 13.9 Å². The number of carbonyl (C=O) groups excluding carboxylic acids is 1. The Morgan fingerprint density at radius 2 is 1.02 bits per heavy atom. The molecule has 0 fully saturated rings. The summed E-state index contributed by atoms with van der Waals surface area (Å²) in [7, 11) is -4.29. The molecular formula is C46H82NO7P. The molecule has 0 radical (unpaired) electrons. The van der Waals surface area contributed by atoms with Crippen molar-refractivity contribution in [2.75, 3.05) is 33.0 Å². The SMILES string of the molecule is CC/C=C\C/C=C\C/C=C\C/C=C\CCCCCCCCCCC(=O)OC(COCCCCCCCC/C=C\C/C=C\CCCC)COP(=O)(O)OCCN. The lowest BCUT2D eigenvalue weighted by Crippen LogP contribution is -2.28. The van der Waals surface area contributed by atoms with Crippen molar-refractivity contribution < 1.29 is 32.8 Å². The predicted molar refractivity (Wildman–Crippen MR) is 233 cm³/mol. The van der Waals surface area contributed by atoms with E-state index in [-0.39, 0.29) is 32.3 Å². The maximum absolute atomic E-state index is 12.6. The van der Waals surface area contributed by atoms with E-state index in [1.807, 2.05) is 0 Å². The average molecular weight is 792 g/mol. The van der Waals surface area contributed by atoms with Gasteiger partial charge in [-0.15, -0.1) is 0 Å². The molecule has 0 amide bonds. The summed E-state index contributed by atoms with van der Waals surface area (Å²) in [6, 6.07) is 0. The molecule has 0 spiro atoms. The molecule has 0 rings (SSSR count). The van der Waals surface area contributed by atoms with Crippen LogP contribution < -0.4 is 5.73 Å². The standard InChI is InChI=1S/C46H82NO7P/c1-3-5-7-9-11-13-15-17-19-20-21-22-23-24-25-27-29-31-33-35-37-39-46(48)54-45(44-53-55(49,50)52-42-40-47)43-51-41-38-36-34-32-30-28-26-18-16-14-12-10-8-6-4-2/h5,7,10-13,16-19,21-22,45H,3-4,6,8-9,14-15,20,23-44,47H2,1-2H3,(H,49,50)/b7-5-,12-10-,13-11-,18-16-,19-17-,22-21-. The molecule has 2 unspecified atom stereocenters. The van der Waals surface area contributed by atoms with Crippen LogP contribution in [-0.4, -0.2) is 49.9 Å². The summed E-state index contributed by atoms with van der Waals surface area (Å²) in [5.41, 5.74) is 5.37. The van der Waals surface area contributed by atoms with E-state index in [4.69, 9.17) is 24.3 Å². The highest BCUT2D eigenvalue weighted by Crippen LogP contribution is 2.43. The Labute approximate surface area is 337 Å². The maximum atomic E-state index is 12.6. The Kier molecular flexibility index (Phi) is 41.5. The Bertz CT molecular complexity index is 1070. The number of carbonyl (C=O) groups is 1. The highest BCUT2D eigenvalue weighted by Gasteiger charge is 2.25. The van der Waals surface area contributed by atoms with Gasteiger partial charge in [-0.1, -0.05) is 164 Å². The number of hydrogen-bond donors (Lipinski definition) is 2. The summed E-state index contributed by atoms with van der Waals surface area (Å²) in [6.07, 6.45) is 53.4. The van der Waals surface area contributed by atoms with E-state index in [0.717, 1.165) is 83.5 Å². The Morgan fingerprint density at radius 3 is 1.53 bits per heavy atom. The summed E-state index contributed by atoms with van der Waals surface area (Å²) >= 11 is 0. The van der Waals surface area contributed by atoms with Gasteiger partial charge < -0.3 is 20.1 Å². The fourth-order valence-corrected chi connectivity index (χ4v) is 6.42. The maximum Gasteiger partial charge on any atom is 0.472 e. The Balaban J connectivity index is 4.06. The third-order valence-corrected chi connectivity index (χ3v) is 9.84. The van der Waals surface area contributed by atoms with Crippen LogP contribution in [0.15, 0.2) is 72.9 Å². The van der Waals surface area contributed by atoms with Crippen molar-refractivity contribution in [1.82, 2.24) is 0 Å². The lowest BCUT2D eigenvalue weighted by Gasteiger charge is -2.20. The highest BCUT2D eigenvalue weighted by molar-refractivity contribution is 7.47. The molecule has 0 aliphatic rings. The van der Waals surface area contributed by atoms with Crippen LogP contribution >= 0.6 is 7.82 Å². The zero-order chi connectivity index (χ0) is 40.2. The van der Waals surface area contributed by atoms with Crippen LogP contribution in [0.3, 0.4) is 0 Å². The molecule has 0 aliphatic carbocycles. The van der Waals surface area contributed by atoms with Crippen LogP contribution in [0.25, 0.3) is 0 Å². The first-order valence-electron chi connectivity index (χ1n) is 21.9. The van der Waals surface area contributed by atoms with Gasteiger partial charge in [-0.25, -0.2) is 4.57 Å². The summed E-state index contributed by atoms with van der Waals surface area (Å²) in [4.78, 5) is 22.5. The normalized spacial score (nSPS) is 14.2. The van der Waals surface area contributed by atoms with Gasteiger partial charge in [0.05, 0.1) is 19.8 Å². The molecule has 55 heavy (non-hydrogen) atoms. The monoisotopic (exact) mass is 792 g/mol. The number of rotatable bonds is 41. The highest BCUT2D eigenvalue weighted by atomic mass is 31.2. The van der Waals surface area contributed by atoms with E-state index in [9.17, 15) is 14.3 Å². The van der Waals surface area contributed by atoms with Crippen molar-refractivity contribution in [2.24, 2.45) is 5.73 Å². The van der Waals surface area contributed by atoms with Gasteiger partial charge in [0.25, 0.3) is 0 Å². The van der Waals surface area contributed by atoms with E-state index in [1.54, 1.807) is 0 Å². The van der Waals surface area contributed by atoms with Gasteiger partial charge in [0, 0.05) is 19.6 Å². The van der Waals surface area contributed by atoms with Crippen LogP contribution in [0.5, 0.6) is 0 Å². The molecule has 8 nitrogen and oxygen atoms in total. The van der Waals surface area contributed by atoms with Gasteiger partial charge in [-0.2, -0.15) is 0 Å². The van der Waals surface area contributed by atoms with Crippen LogP contribution in [-0.2, 0) is 27.9 Å². The van der Waals surface area contributed by atoms with Crippen molar-refractivity contribution >= 4 is 13.8 Å². The Hall–Kier alpha value is -2.06. The minimum Gasteiger partial charge on any atom is -0.457 e. The first-order valence-corrected chi connectivity index (χ1v) is 23.4. The molecular weight excluding hydrogens is 709 g/mol. The quantitative estimate of drug-likeness (QED) is 0.0272. The van der Waals surface area contributed by atoms with Crippen molar-refractivity contribution in [3.05, 3.63) is 72.9 Å². The van der Waals surface area contributed by atoms with Gasteiger partial charge in [0.1, 0.15) is 6.10 Å². The van der Waals surface area contributed by atoms with Gasteiger partial charge in [0.2, 0.25) is 0 Å². The molecule has 0 bridgehead atoms. The number of allylic oxidation sites excluding steroid dienone is 12. The predicted octanol–water partition coefficient (Wildman–Crippen LogP) is 13.1. The van der Waals surface area contributed by atoms with E-state index >= 15 is 0 Å². The molecule has 2 atom stereocenters. The fourth-order valence-electron chi connectivity index (χ4n) is 5.65. The molecule has 0 aromatic carbocycles. The van der Waals surface area contributed by atoms with Gasteiger partial charge in [-0.3, -0.25) is 13.8 Å². The molecule has 0 aliphatic heterocycles. The second-order valence-corrected chi connectivity index (χ2v) is 15.6. The number of phosphoric ester groups is 1. The molecule has 0 heterocycles. The van der Waals surface area contributed by atoms with E-state index in [1.165, 1.54) is 70.6 Å². The fraction of sp³-hybridized carbons (Fsp3) is 0.717. The summed E-state index contributed by atoms with van der Waals surface area (Å²) in [5, 5.41) is 0. The van der Waals surface area contributed by atoms with Crippen LogP contribution in [0.1, 0.15) is 174 Å². The van der Waals surface area contributed by atoms with Crippen molar-refractivity contribution in [3.8, 4) is 0 Å². The second kappa shape index (κ2) is 43.1. The van der Waals surface area contributed by atoms with E-state index in [0.29, 0.717) is 13.0 Å². The third kappa shape index (κ3) is 42.9. The molecule has 9 heteroatoms. The lowest BCUT2D eigenvalue weighted by molar-refractivity contribution is -0.154. The first kappa shape index (κ1) is 52.9. The second-order valence-electron chi connectivity index (χ2n) is 14.2. The zero-order valence-corrected chi connectivity index (χ0v) is 36.0. The van der Waals surface area contributed by atoms with Crippen molar-refractivity contribution in [3.63, 3.8) is 0 Å². The molecule has 0 aromatic rings. The average Bonchev–Trinajstić information content (AvgIpc) is 3.17. The molecule has 0 saturated heterocycles. The minimum atomic E-state index is -4.29. The first-order chi connectivity index (χ1) is 26.9. The van der Waals surface area contributed by atoms with Gasteiger partial charge in [-0.05, 0) is 77.0 Å². The number of hydrogen-bond acceptors (Lipinski definition) is 7. The van der Waals surface area contributed by atoms with Gasteiger partial charge >= 0.3 is 13.8 Å². The van der Waals surface area contributed by atoms with Crippen LogP contribution in [0, 0.1) is 0 Å². The smallest absolute Gasteiger partial charge is 0.457 e. The van der Waals surface area contributed by atoms with Crippen molar-refractivity contribution in [1.29, 1.82) is 0 Å². The van der Waals surface area contributed by atoms with Crippen LogP contribution in [0.4, 0.5) is 0 Å². The summed E-state index contributed by atoms with van der Waals surface area (Å²) < 4.78 is 33.4. The van der Waals surface area contributed by atoms with Crippen LogP contribution in [0.2, 0.25) is 0 Å². The van der Waals surface area contributed by atoms with Gasteiger partial charge in [0.15, 0.2) is 0 Å². The topological polar surface area (TPSA) is 117 Å². The number of esters is 1. The summed E-state index contributed by atoms with van der Waals surface area (Å²) in [5.74, 6) is -0.345. The number of unbranched alkanes of at least 4 members (excludes halogenated alkanes) is 16. The van der Waals surface area contributed by atoms with E-state index in [2.05, 4.69) is 86.8 Å². The number of ether oxygens (including phenoxy) is 2.